The van der Waals surface area contributed by atoms with Crippen LogP contribution in [0.1, 0.15) is 20.3 Å². The molecule has 0 aliphatic carbocycles. The lowest BCUT2D eigenvalue weighted by atomic mass is 10.2. The fourth-order valence-corrected chi connectivity index (χ4v) is 1.57. The molecule has 3 N–H and O–H groups in total. The molecule has 0 atom stereocenters. The first kappa shape index (κ1) is 14.1. The molecule has 4 heteroatoms. The van der Waals surface area contributed by atoms with Gasteiger partial charge in [0.15, 0.2) is 0 Å². The minimum Gasteiger partial charge on any atom is -0.397 e. The second-order valence-electron chi connectivity index (χ2n) is 4.48. The summed E-state index contributed by atoms with van der Waals surface area (Å²) in [4.78, 5) is 0. The summed E-state index contributed by atoms with van der Waals surface area (Å²) < 4.78 is 5.49. The van der Waals surface area contributed by atoms with Gasteiger partial charge in [-0.15, -0.1) is 0 Å². The normalized spacial score (nSPS) is 10.8. The van der Waals surface area contributed by atoms with Crippen molar-refractivity contribution < 1.29 is 4.74 Å². The van der Waals surface area contributed by atoms with Gasteiger partial charge in [-0.3, -0.25) is 0 Å². The molecule has 0 unspecified atom stereocenters. The molecule has 3 nitrogen and oxygen atoms in total. The molecule has 0 radical (unpaired) electrons. The summed E-state index contributed by atoms with van der Waals surface area (Å²) in [7, 11) is 0. The van der Waals surface area contributed by atoms with Gasteiger partial charge in [-0.25, -0.2) is 0 Å². The van der Waals surface area contributed by atoms with Crippen molar-refractivity contribution in [3.05, 3.63) is 23.2 Å². The topological polar surface area (TPSA) is 47.3 Å². The van der Waals surface area contributed by atoms with E-state index in [2.05, 4.69) is 19.2 Å². The second kappa shape index (κ2) is 7.41. The molecule has 0 aromatic heterocycles. The van der Waals surface area contributed by atoms with Crippen LogP contribution in [0.3, 0.4) is 0 Å². The van der Waals surface area contributed by atoms with E-state index in [-0.39, 0.29) is 0 Å². The molecule has 0 saturated carbocycles. The van der Waals surface area contributed by atoms with Crippen molar-refractivity contribution in [2.75, 3.05) is 30.8 Å². The molecule has 96 valence electrons. The Morgan fingerprint density at radius 1 is 1.41 bits per heavy atom. The third kappa shape index (κ3) is 5.80. The Balaban J connectivity index is 2.20. The Hall–Kier alpha value is -0.930. The average molecular weight is 257 g/mol. The summed E-state index contributed by atoms with van der Waals surface area (Å²) >= 11 is 5.89. The van der Waals surface area contributed by atoms with Gasteiger partial charge in [0.1, 0.15) is 0 Å². The van der Waals surface area contributed by atoms with E-state index in [1.54, 1.807) is 12.1 Å². The van der Waals surface area contributed by atoms with E-state index in [4.69, 9.17) is 22.1 Å². The molecular formula is C13H21ClN2O. The predicted molar refractivity (Wildman–Crippen MR) is 74.6 cm³/mol. The van der Waals surface area contributed by atoms with Gasteiger partial charge < -0.3 is 15.8 Å². The molecule has 1 aromatic rings. The summed E-state index contributed by atoms with van der Waals surface area (Å²) in [5.74, 6) is 0.589. The lowest BCUT2D eigenvalue weighted by molar-refractivity contribution is 0.110. The predicted octanol–water partition coefficient (Wildman–Crippen LogP) is 3.40. The first-order valence-corrected chi connectivity index (χ1v) is 6.34. The molecule has 0 aliphatic heterocycles. The van der Waals surface area contributed by atoms with Gasteiger partial charge in [-0.1, -0.05) is 25.4 Å². The largest absolute Gasteiger partial charge is 0.397 e. The summed E-state index contributed by atoms with van der Waals surface area (Å²) in [5, 5.41) is 3.94. The molecule has 0 amide bonds. The number of halogens is 1. The van der Waals surface area contributed by atoms with Crippen LogP contribution in [0.5, 0.6) is 0 Å². The number of hydrogen-bond donors (Lipinski definition) is 2. The molecule has 1 aromatic carbocycles. The highest BCUT2D eigenvalue weighted by Crippen LogP contribution is 2.22. The molecule has 0 aliphatic rings. The third-order valence-corrected chi connectivity index (χ3v) is 2.48. The maximum absolute atomic E-state index is 5.89. The van der Waals surface area contributed by atoms with Gasteiger partial charge in [-0.2, -0.15) is 0 Å². The van der Waals surface area contributed by atoms with Crippen molar-refractivity contribution >= 4 is 23.0 Å². The summed E-state index contributed by atoms with van der Waals surface area (Å²) in [6.45, 7) is 6.71. The van der Waals surface area contributed by atoms with Crippen LogP contribution in [0.4, 0.5) is 11.4 Å². The fraction of sp³-hybridized carbons (Fsp3) is 0.538. The van der Waals surface area contributed by atoms with Crippen LogP contribution in [0, 0.1) is 5.92 Å². The zero-order chi connectivity index (χ0) is 12.7. The molecule has 0 bridgehead atoms. The maximum atomic E-state index is 5.89. The van der Waals surface area contributed by atoms with Crippen molar-refractivity contribution in [3.8, 4) is 0 Å². The van der Waals surface area contributed by atoms with E-state index in [1.807, 2.05) is 6.07 Å². The van der Waals surface area contributed by atoms with Crippen LogP contribution in [0.2, 0.25) is 5.02 Å². The molecular weight excluding hydrogens is 236 g/mol. The average Bonchev–Trinajstić information content (AvgIpc) is 2.27. The standard InChI is InChI=1S/C13H21ClN2O/c1-10(2)9-17-7-3-6-16-13-8-11(14)4-5-12(13)15/h4-5,8,10,16H,3,6-7,9,15H2,1-2H3. The molecule has 0 heterocycles. The number of nitrogens with two attached hydrogens (primary N) is 1. The summed E-state index contributed by atoms with van der Waals surface area (Å²) in [6, 6.07) is 5.43. The highest BCUT2D eigenvalue weighted by Gasteiger charge is 1.99. The molecule has 17 heavy (non-hydrogen) atoms. The molecule has 1 rings (SSSR count). The Morgan fingerprint density at radius 3 is 2.88 bits per heavy atom. The quantitative estimate of drug-likeness (QED) is 0.581. The number of hydrogen-bond acceptors (Lipinski definition) is 3. The van der Waals surface area contributed by atoms with E-state index >= 15 is 0 Å². The maximum Gasteiger partial charge on any atom is 0.0588 e. The van der Waals surface area contributed by atoms with Gasteiger partial charge >= 0.3 is 0 Å². The van der Waals surface area contributed by atoms with Gasteiger partial charge in [0, 0.05) is 24.8 Å². The van der Waals surface area contributed by atoms with E-state index in [9.17, 15) is 0 Å². The van der Waals surface area contributed by atoms with Crippen LogP contribution in [-0.2, 0) is 4.74 Å². The van der Waals surface area contributed by atoms with Gasteiger partial charge in [-0.05, 0) is 30.5 Å². The van der Waals surface area contributed by atoms with Crippen molar-refractivity contribution in [2.45, 2.75) is 20.3 Å². The van der Waals surface area contributed by atoms with Gasteiger partial charge in [0.25, 0.3) is 0 Å². The van der Waals surface area contributed by atoms with Gasteiger partial charge in [0.05, 0.1) is 11.4 Å². The number of rotatable bonds is 7. The monoisotopic (exact) mass is 256 g/mol. The van der Waals surface area contributed by atoms with E-state index in [0.717, 1.165) is 37.6 Å². The highest BCUT2D eigenvalue weighted by molar-refractivity contribution is 6.31. The lowest BCUT2D eigenvalue weighted by Gasteiger charge is -2.10. The molecule has 0 spiro atoms. The fourth-order valence-electron chi connectivity index (χ4n) is 1.40. The van der Waals surface area contributed by atoms with Gasteiger partial charge in [0.2, 0.25) is 0 Å². The minimum atomic E-state index is 0.589. The van der Waals surface area contributed by atoms with E-state index in [1.165, 1.54) is 0 Å². The number of anilines is 2. The van der Waals surface area contributed by atoms with Crippen LogP contribution in [0.25, 0.3) is 0 Å². The number of nitrogen functional groups attached to an aromatic ring is 1. The first-order chi connectivity index (χ1) is 8.09. The lowest BCUT2D eigenvalue weighted by Crippen LogP contribution is -2.09. The smallest absolute Gasteiger partial charge is 0.0588 e. The number of nitrogens with one attached hydrogen (secondary N) is 1. The molecule has 0 saturated heterocycles. The van der Waals surface area contributed by atoms with Crippen molar-refractivity contribution in [1.82, 2.24) is 0 Å². The van der Waals surface area contributed by atoms with Crippen molar-refractivity contribution in [2.24, 2.45) is 5.92 Å². The Bertz CT molecular complexity index is 342. The van der Waals surface area contributed by atoms with Crippen molar-refractivity contribution in [1.29, 1.82) is 0 Å². The minimum absolute atomic E-state index is 0.589. The van der Waals surface area contributed by atoms with E-state index in [0.29, 0.717) is 10.9 Å². The summed E-state index contributed by atoms with van der Waals surface area (Å²) in [5.41, 5.74) is 7.43. The zero-order valence-corrected chi connectivity index (χ0v) is 11.3. The number of ether oxygens (including phenoxy) is 1. The Morgan fingerprint density at radius 2 is 2.18 bits per heavy atom. The second-order valence-corrected chi connectivity index (χ2v) is 4.92. The zero-order valence-electron chi connectivity index (χ0n) is 10.5. The van der Waals surface area contributed by atoms with Crippen LogP contribution in [0.15, 0.2) is 18.2 Å². The van der Waals surface area contributed by atoms with Crippen LogP contribution in [-0.4, -0.2) is 19.8 Å². The van der Waals surface area contributed by atoms with E-state index < -0.39 is 0 Å². The van der Waals surface area contributed by atoms with Crippen LogP contribution < -0.4 is 11.1 Å². The first-order valence-electron chi connectivity index (χ1n) is 5.96. The third-order valence-electron chi connectivity index (χ3n) is 2.25. The van der Waals surface area contributed by atoms with Crippen LogP contribution >= 0.6 is 11.6 Å². The van der Waals surface area contributed by atoms with Crippen molar-refractivity contribution in [3.63, 3.8) is 0 Å². The highest BCUT2D eigenvalue weighted by atomic mass is 35.5. The number of benzene rings is 1. The summed E-state index contributed by atoms with van der Waals surface area (Å²) in [6.07, 6.45) is 0.957. The SMILES string of the molecule is CC(C)COCCCNc1cc(Cl)ccc1N. The Labute approximate surface area is 108 Å². The Kier molecular flexibility index (Phi) is 6.16. The molecule has 0 fully saturated rings.